The first-order chi connectivity index (χ1) is 13.4. The van der Waals surface area contributed by atoms with E-state index >= 15 is 0 Å². The molecule has 1 atom stereocenters. The minimum absolute atomic E-state index is 0.0969. The Morgan fingerprint density at radius 2 is 1.86 bits per heavy atom. The van der Waals surface area contributed by atoms with Gasteiger partial charge in [0.15, 0.2) is 5.58 Å². The zero-order chi connectivity index (χ0) is 20.3. The van der Waals surface area contributed by atoms with E-state index in [-0.39, 0.29) is 16.5 Å². The molecule has 2 aromatic rings. The maximum absolute atomic E-state index is 12.9. The SMILES string of the molecule is CCC(CC)[C@@H](CNS(=O)(=O)c1ccc2c(c1)oc(=O)n2C)N1CCOCC1. The number of hydrogen-bond donors (Lipinski definition) is 1. The van der Waals surface area contributed by atoms with E-state index in [0.717, 1.165) is 25.9 Å². The van der Waals surface area contributed by atoms with Crippen LogP contribution in [0.5, 0.6) is 0 Å². The highest BCUT2D eigenvalue weighted by Crippen LogP contribution is 2.21. The fourth-order valence-corrected chi connectivity index (χ4v) is 4.96. The van der Waals surface area contributed by atoms with Crippen molar-refractivity contribution < 1.29 is 17.6 Å². The number of sulfonamides is 1. The molecule has 0 radical (unpaired) electrons. The van der Waals surface area contributed by atoms with Gasteiger partial charge in [-0.1, -0.05) is 26.7 Å². The van der Waals surface area contributed by atoms with Gasteiger partial charge in [-0.3, -0.25) is 9.47 Å². The van der Waals surface area contributed by atoms with Crippen LogP contribution >= 0.6 is 0 Å². The summed E-state index contributed by atoms with van der Waals surface area (Å²) in [4.78, 5) is 14.1. The molecule has 1 fully saturated rings. The monoisotopic (exact) mass is 411 g/mol. The van der Waals surface area contributed by atoms with E-state index in [4.69, 9.17) is 9.15 Å². The number of fused-ring (bicyclic) bond motifs is 1. The van der Waals surface area contributed by atoms with Gasteiger partial charge in [0.2, 0.25) is 10.0 Å². The van der Waals surface area contributed by atoms with Crippen LogP contribution in [0.4, 0.5) is 0 Å². The highest BCUT2D eigenvalue weighted by atomic mass is 32.2. The van der Waals surface area contributed by atoms with Gasteiger partial charge in [-0.25, -0.2) is 17.9 Å². The van der Waals surface area contributed by atoms with E-state index < -0.39 is 15.8 Å². The van der Waals surface area contributed by atoms with Crippen LogP contribution in [0, 0.1) is 5.92 Å². The van der Waals surface area contributed by atoms with Crippen molar-refractivity contribution in [3.63, 3.8) is 0 Å². The van der Waals surface area contributed by atoms with E-state index in [0.29, 0.717) is 31.2 Å². The molecule has 2 heterocycles. The lowest BCUT2D eigenvalue weighted by atomic mass is 9.92. The molecule has 8 nitrogen and oxygen atoms in total. The lowest BCUT2D eigenvalue weighted by Crippen LogP contribution is -2.52. The first-order valence-corrected chi connectivity index (χ1v) is 11.3. The standard InChI is InChI=1S/C19H29N3O5S/c1-4-14(5-2)17(22-8-10-26-11-9-22)13-20-28(24,25)15-6-7-16-18(12-15)27-19(23)21(16)3/h6-7,12,14,17,20H,4-5,8-11,13H2,1-3H3/t17-/m1/s1. The zero-order valence-electron chi connectivity index (χ0n) is 16.7. The molecule has 0 bridgehead atoms. The molecule has 0 saturated carbocycles. The van der Waals surface area contributed by atoms with Crippen molar-refractivity contribution in [3.8, 4) is 0 Å². The first kappa shape index (κ1) is 21.0. The number of aryl methyl sites for hydroxylation is 1. The Balaban J connectivity index is 1.80. The van der Waals surface area contributed by atoms with Crippen molar-refractivity contribution in [1.82, 2.24) is 14.2 Å². The van der Waals surface area contributed by atoms with Crippen molar-refractivity contribution in [2.45, 2.75) is 37.6 Å². The fourth-order valence-electron chi connectivity index (χ4n) is 3.90. The quantitative estimate of drug-likeness (QED) is 0.708. The van der Waals surface area contributed by atoms with Gasteiger partial charge in [0.05, 0.1) is 23.6 Å². The second-order valence-corrected chi connectivity index (χ2v) is 8.97. The Morgan fingerprint density at radius 3 is 2.50 bits per heavy atom. The van der Waals surface area contributed by atoms with Gasteiger partial charge in [0.1, 0.15) is 0 Å². The molecule has 28 heavy (non-hydrogen) atoms. The smallest absolute Gasteiger partial charge is 0.408 e. The van der Waals surface area contributed by atoms with E-state index in [1.165, 1.54) is 16.7 Å². The fraction of sp³-hybridized carbons (Fsp3) is 0.632. The summed E-state index contributed by atoms with van der Waals surface area (Å²) in [6, 6.07) is 4.61. The van der Waals surface area contributed by atoms with Crippen LogP contribution in [-0.4, -0.2) is 56.8 Å². The Morgan fingerprint density at radius 1 is 1.18 bits per heavy atom. The number of rotatable bonds is 8. The topological polar surface area (TPSA) is 93.8 Å². The summed E-state index contributed by atoms with van der Waals surface area (Å²) >= 11 is 0. The van der Waals surface area contributed by atoms with E-state index in [1.807, 2.05) is 0 Å². The number of benzene rings is 1. The summed E-state index contributed by atoms with van der Waals surface area (Å²) in [5, 5.41) is 0. The summed E-state index contributed by atoms with van der Waals surface area (Å²) in [6.45, 7) is 7.59. The number of ether oxygens (including phenoxy) is 1. The summed E-state index contributed by atoms with van der Waals surface area (Å²) in [5.74, 6) is -0.117. The van der Waals surface area contributed by atoms with Crippen LogP contribution in [0.15, 0.2) is 32.3 Å². The second-order valence-electron chi connectivity index (χ2n) is 7.20. The average Bonchev–Trinajstić information content (AvgIpc) is 2.99. The molecule has 3 rings (SSSR count). The van der Waals surface area contributed by atoms with Crippen molar-refractivity contribution in [2.75, 3.05) is 32.8 Å². The average molecular weight is 412 g/mol. The minimum Gasteiger partial charge on any atom is -0.408 e. The van der Waals surface area contributed by atoms with Gasteiger partial charge in [-0.05, 0) is 18.1 Å². The van der Waals surface area contributed by atoms with Crippen LogP contribution in [0.1, 0.15) is 26.7 Å². The molecule has 1 N–H and O–H groups in total. The lowest BCUT2D eigenvalue weighted by Gasteiger charge is -2.38. The van der Waals surface area contributed by atoms with Crippen LogP contribution in [0.3, 0.4) is 0 Å². The highest BCUT2D eigenvalue weighted by molar-refractivity contribution is 7.89. The largest absolute Gasteiger partial charge is 0.419 e. The third-order valence-electron chi connectivity index (χ3n) is 5.66. The molecule has 0 aliphatic carbocycles. The molecular weight excluding hydrogens is 382 g/mol. The van der Waals surface area contributed by atoms with Crippen molar-refractivity contribution in [1.29, 1.82) is 0 Å². The Bertz CT molecular complexity index is 956. The van der Waals surface area contributed by atoms with Gasteiger partial charge in [-0.2, -0.15) is 0 Å². The van der Waals surface area contributed by atoms with Crippen molar-refractivity contribution in [3.05, 3.63) is 28.7 Å². The zero-order valence-corrected chi connectivity index (χ0v) is 17.5. The van der Waals surface area contributed by atoms with Crippen LogP contribution in [0.2, 0.25) is 0 Å². The molecular formula is C19H29N3O5S. The normalized spacial score (nSPS) is 17.4. The number of nitrogens with one attached hydrogen (secondary N) is 1. The molecule has 9 heteroatoms. The molecule has 1 aromatic carbocycles. The maximum atomic E-state index is 12.9. The number of aromatic nitrogens is 1. The maximum Gasteiger partial charge on any atom is 0.419 e. The van der Waals surface area contributed by atoms with Crippen LogP contribution < -0.4 is 10.5 Å². The number of nitrogens with zero attached hydrogens (tertiary/aromatic N) is 2. The molecule has 1 aliphatic rings. The molecule has 156 valence electrons. The summed E-state index contributed by atoms with van der Waals surface area (Å²) in [5.41, 5.74) is 0.826. The van der Waals surface area contributed by atoms with Crippen molar-refractivity contribution >= 4 is 21.1 Å². The third kappa shape index (κ3) is 4.32. The molecule has 0 amide bonds. The van der Waals surface area contributed by atoms with E-state index in [1.54, 1.807) is 13.1 Å². The van der Waals surface area contributed by atoms with Crippen molar-refractivity contribution in [2.24, 2.45) is 13.0 Å². The predicted molar refractivity (Wildman–Crippen MR) is 107 cm³/mol. The third-order valence-corrected chi connectivity index (χ3v) is 7.09. The predicted octanol–water partition coefficient (Wildman–Crippen LogP) is 1.55. The summed E-state index contributed by atoms with van der Waals surface area (Å²) in [6.07, 6.45) is 1.97. The second kappa shape index (κ2) is 8.77. The molecule has 1 saturated heterocycles. The van der Waals surface area contributed by atoms with Gasteiger partial charge >= 0.3 is 5.76 Å². The van der Waals surface area contributed by atoms with Gasteiger partial charge in [-0.15, -0.1) is 0 Å². The lowest BCUT2D eigenvalue weighted by molar-refractivity contribution is 0.00297. The van der Waals surface area contributed by atoms with Crippen LogP contribution in [0.25, 0.3) is 11.1 Å². The number of hydrogen-bond acceptors (Lipinski definition) is 6. The molecule has 0 unspecified atom stereocenters. The Kier molecular flexibility index (Phi) is 6.59. The molecule has 1 aromatic heterocycles. The molecule has 0 spiro atoms. The number of morpholine rings is 1. The van der Waals surface area contributed by atoms with Gasteiger partial charge in [0, 0.05) is 38.8 Å². The Hall–Kier alpha value is -1.68. The van der Waals surface area contributed by atoms with Gasteiger partial charge < -0.3 is 9.15 Å². The van der Waals surface area contributed by atoms with Crippen LogP contribution in [-0.2, 0) is 21.8 Å². The highest BCUT2D eigenvalue weighted by Gasteiger charge is 2.28. The summed E-state index contributed by atoms with van der Waals surface area (Å²) < 4.78 is 40.4. The molecule has 1 aliphatic heterocycles. The Labute approximate surface area is 165 Å². The minimum atomic E-state index is -3.72. The van der Waals surface area contributed by atoms with E-state index in [9.17, 15) is 13.2 Å². The number of oxazole rings is 1. The van der Waals surface area contributed by atoms with E-state index in [2.05, 4.69) is 23.5 Å². The summed E-state index contributed by atoms with van der Waals surface area (Å²) in [7, 11) is -2.13. The van der Waals surface area contributed by atoms with Gasteiger partial charge in [0.25, 0.3) is 0 Å². The first-order valence-electron chi connectivity index (χ1n) is 9.78.